The summed E-state index contributed by atoms with van der Waals surface area (Å²) < 4.78 is 8.25. The molecular weight excluding hydrogens is 322 g/mol. The normalized spacial score (nSPS) is 13.7. The summed E-state index contributed by atoms with van der Waals surface area (Å²) in [6.45, 7) is 3.85. The van der Waals surface area contributed by atoms with Crippen LogP contribution in [0.2, 0.25) is 0 Å². The van der Waals surface area contributed by atoms with E-state index >= 15 is 0 Å². The van der Waals surface area contributed by atoms with E-state index in [-0.39, 0.29) is 24.7 Å². The van der Waals surface area contributed by atoms with Gasteiger partial charge in [0.1, 0.15) is 17.9 Å². The number of carbonyl (C=O) groups is 1. The molecule has 0 bridgehead atoms. The van der Waals surface area contributed by atoms with E-state index in [1.54, 1.807) is 23.6 Å². The number of para-hydroxylation sites is 2. The summed E-state index contributed by atoms with van der Waals surface area (Å²) in [5, 5.41) is 13.0. The molecule has 25 heavy (non-hydrogen) atoms. The third kappa shape index (κ3) is 3.23. The first-order valence-corrected chi connectivity index (χ1v) is 8.15. The predicted molar refractivity (Wildman–Crippen MR) is 93.2 cm³/mol. The van der Waals surface area contributed by atoms with Crippen molar-refractivity contribution in [1.29, 1.82) is 0 Å². The fraction of sp³-hybridized carbons (Fsp3) is 0.333. The molecular formula is C18H21N3O4. The molecule has 3 rings (SSSR count). The highest BCUT2D eigenvalue weighted by Crippen LogP contribution is 2.19. The van der Waals surface area contributed by atoms with Crippen LogP contribution in [0, 0.1) is 0 Å². The Hall–Kier alpha value is -2.80. The van der Waals surface area contributed by atoms with Gasteiger partial charge in [0.05, 0.1) is 23.8 Å². The zero-order valence-corrected chi connectivity index (χ0v) is 14.2. The average Bonchev–Trinajstić information content (AvgIpc) is 3.22. The number of nitrogens with zero attached hydrogens (tertiary/aromatic N) is 2. The summed E-state index contributed by atoms with van der Waals surface area (Å²) in [5.74, 6) is 0.0143. The summed E-state index contributed by atoms with van der Waals surface area (Å²) >= 11 is 0. The van der Waals surface area contributed by atoms with Gasteiger partial charge in [-0.1, -0.05) is 12.1 Å². The van der Waals surface area contributed by atoms with Crippen molar-refractivity contribution >= 4 is 16.9 Å². The van der Waals surface area contributed by atoms with E-state index in [0.717, 1.165) is 5.52 Å². The predicted octanol–water partition coefficient (Wildman–Crippen LogP) is 1.44. The molecule has 1 aromatic carbocycles. The van der Waals surface area contributed by atoms with Crippen LogP contribution in [-0.4, -0.2) is 26.7 Å². The van der Waals surface area contributed by atoms with Crippen molar-refractivity contribution in [3.63, 3.8) is 0 Å². The number of aryl methyl sites for hydroxylation is 1. The minimum Gasteiger partial charge on any atom is -0.466 e. The van der Waals surface area contributed by atoms with E-state index in [1.807, 2.05) is 31.2 Å². The molecule has 1 atom stereocenters. The van der Waals surface area contributed by atoms with Crippen LogP contribution < -0.4 is 11.0 Å². The fourth-order valence-electron chi connectivity index (χ4n) is 2.87. The van der Waals surface area contributed by atoms with Gasteiger partial charge in [0.15, 0.2) is 0 Å². The zero-order valence-electron chi connectivity index (χ0n) is 14.2. The highest BCUT2D eigenvalue weighted by Gasteiger charge is 2.27. The van der Waals surface area contributed by atoms with Crippen LogP contribution in [0.3, 0.4) is 0 Å². The Morgan fingerprint density at radius 2 is 1.88 bits per heavy atom. The summed E-state index contributed by atoms with van der Waals surface area (Å²) in [6, 6.07) is 10.7. The Morgan fingerprint density at radius 3 is 2.48 bits per heavy atom. The van der Waals surface area contributed by atoms with Crippen LogP contribution in [0.15, 0.2) is 51.9 Å². The van der Waals surface area contributed by atoms with Crippen LogP contribution in [-0.2, 0) is 23.5 Å². The lowest BCUT2D eigenvalue weighted by molar-refractivity contribution is -0.123. The lowest BCUT2D eigenvalue weighted by Gasteiger charge is -2.21. The number of aliphatic hydroxyl groups is 1. The standard InChI is InChI=1S/C18H21N3O4/c1-3-20-13-7-4-5-8-14(13)21(17(20)23)11-16(22)19-12-18(2,24)15-9-6-10-25-15/h4-10,24H,3,11-12H2,1-2H3,(H,19,22). The second-order valence-electron chi connectivity index (χ2n) is 6.13. The fourth-order valence-corrected chi connectivity index (χ4v) is 2.87. The molecule has 1 unspecified atom stereocenters. The third-order valence-electron chi connectivity index (χ3n) is 4.22. The molecule has 7 nitrogen and oxygen atoms in total. The summed E-state index contributed by atoms with van der Waals surface area (Å²) in [7, 11) is 0. The van der Waals surface area contributed by atoms with Crippen molar-refractivity contribution in [2.45, 2.75) is 32.5 Å². The molecule has 0 aliphatic carbocycles. The smallest absolute Gasteiger partial charge is 0.329 e. The molecule has 0 aliphatic heterocycles. The van der Waals surface area contributed by atoms with Gasteiger partial charge in [-0.25, -0.2) is 4.79 Å². The molecule has 2 heterocycles. The molecule has 3 aromatic rings. The number of carbonyl (C=O) groups excluding carboxylic acids is 1. The van der Waals surface area contributed by atoms with Gasteiger partial charge < -0.3 is 14.8 Å². The van der Waals surface area contributed by atoms with Gasteiger partial charge >= 0.3 is 5.69 Å². The van der Waals surface area contributed by atoms with Crippen LogP contribution in [0.25, 0.3) is 11.0 Å². The van der Waals surface area contributed by atoms with Crippen molar-refractivity contribution < 1.29 is 14.3 Å². The Kier molecular flexibility index (Phi) is 4.50. The first-order chi connectivity index (χ1) is 11.9. The van der Waals surface area contributed by atoms with Gasteiger partial charge in [-0.3, -0.25) is 13.9 Å². The maximum atomic E-state index is 12.5. The molecule has 0 saturated heterocycles. The molecule has 0 fully saturated rings. The van der Waals surface area contributed by atoms with Gasteiger partial charge in [-0.2, -0.15) is 0 Å². The minimum absolute atomic E-state index is 0.0134. The number of imidazole rings is 1. The molecule has 1 amide bonds. The number of nitrogens with one attached hydrogen (secondary N) is 1. The highest BCUT2D eigenvalue weighted by molar-refractivity contribution is 5.81. The second kappa shape index (κ2) is 6.60. The van der Waals surface area contributed by atoms with E-state index in [9.17, 15) is 14.7 Å². The largest absolute Gasteiger partial charge is 0.466 e. The molecule has 132 valence electrons. The summed E-state index contributed by atoms with van der Waals surface area (Å²) in [4.78, 5) is 24.8. The Bertz CT molecular complexity index is 935. The number of fused-ring (bicyclic) bond motifs is 1. The average molecular weight is 343 g/mol. The number of rotatable bonds is 6. The van der Waals surface area contributed by atoms with E-state index in [4.69, 9.17) is 4.42 Å². The topological polar surface area (TPSA) is 89.4 Å². The van der Waals surface area contributed by atoms with Crippen molar-refractivity contribution in [3.8, 4) is 0 Å². The van der Waals surface area contributed by atoms with Crippen molar-refractivity contribution in [3.05, 3.63) is 58.9 Å². The summed E-state index contributed by atoms with van der Waals surface area (Å²) in [5.41, 5.74) is -0.0361. The van der Waals surface area contributed by atoms with E-state index in [1.165, 1.54) is 10.8 Å². The number of hydrogen-bond acceptors (Lipinski definition) is 4. The maximum Gasteiger partial charge on any atom is 0.329 e. The molecule has 0 spiro atoms. The van der Waals surface area contributed by atoms with E-state index < -0.39 is 5.60 Å². The number of benzene rings is 1. The lowest BCUT2D eigenvalue weighted by Crippen LogP contribution is -2.41. The van der Waals surface area contributed by atoms with E-state index in [0.29, 0.717) is 17.8 Å². The molecule has 2 N–H and O–H groups in total. The molecule has 7 heteroatoms. The number of hydrogen-bond donors (Lipinski definition) is 2. The number of aromatic nitrogens is 2. The Labute approximate surface area is 144 Å². The quantitative estimate of drug-likeness (QED) is 0.709. The third-order valence-corrected chi connectivity index (χ3v) is 4.22. The summed E-state index contributed by atoms with van der Waals surface area (Å²) in [6.07, 6.45) is 1.46. The number of amides is 1. The zero-order chi connectivity index (χ0) is 18.0. The van der Waals surface area contributed by atoms with Crippen molar-refractivity contribution in [1.82, 2.24) is 14.5 Å². The molecule has 0 saturated carbocycles. The van der Waals surface area contributed by atoms with Crippen molar-refractivity contribution in [2.24, 2.45) is 0 Å². The Morgan fingerprint density at radius 1 is 1.20 bits per heavy atom. The van der Waals surface area contributed by atoms with Gasteiger partial charge in [0.2, 0.25) is 5.91 Å². The minimum atomic E-state index is -1.32. The SMILES string of the molecule is CCn1c(=O)n(CC(=O)NCC(C)(O)c2ccco2)c2ccccc21. The second-order valence-corrected chi connectivity index (χ2v) is 6.13. The van der Waals surface area contributed by atoms with Crippen molar-refractivity contribution in [2.75, 3.05) is 6.54 Å². The van der Waals surface area contributed by atoms with Gasteiger partial charge in [0.25, 0.3) is 0 Å². The first-order valence-electron chi connectivity index (χ1n) is 8.15. The van der Waals surface area contributed by atoms with Crippen LogP contribution in [0.1, 0.15) is 19.6 Å². The molecule has 0 radical (unpaired) electrons. The van der Waals surface area contributed by atoms with Gasteiger partial charge in [-0.15, -0.1) is 0 Å². The first kappa shape index (κ1) is 17.0. The Balaban J connectivity index is 1.77. The number of furan rings is 1. The van der Waals surface area contributed by atoms with E-state index in [2.05, 4.69) is 5.32 Å². The van der Waals surface area contributed by atoms with Crippen LogP contribution in [0.4, 0.5) is 0 Å². The molecule has 0 aliphatic rings. The van der Waals surface area contributed by atoms with Gasteiger partial charge in [-0.05, 0) is 38.1 Å². The maximum absolute atomic E-state index is 12.5. The van der Waals surface area contributed by atoms with Gasteiger partial charge in [0, 0.05) is 6.54 Å². The molecule has 2 aromatic heterocycles. The lowest BCUT2D eigenvalue weighted by atomic mass is 10.0. The monoisotopic (exact) mass is 343 g/mol. The van der Waals surface area contributed by atoms with Crippen LogP contribution in [0.5, 0.6) is 0 Å². The highest BCUT2D eigenvalue weighted by atomic mass is 16.4. The van der Waals surface area contributed by atoms with Crippen LogP contribution >= 0.6 is 0 Å².